The van der Waals surface area contributed by atoms with E-state index in [9.17, 15) is 9.59 Å². The Morgan fingerprint density at radius 2 is 2.00 bits per heavy atom. The van der Waals surface area contributed by atoms with E-state index in [2.05, 4.69) is 26.2 Å². The van der Waals surface area contributed by atoms with E-state index in [1.54, 1.807) is 12.1 Å². The minimum atomic E-state index is -0.255. The second kappa shape index (κ2) is 8.06. The Balaban J connectivity index is 2.24. The first-order valence-corrected chi connectivity index (χ1v) is 6.89. The number of aromatic amines is 1. The maximum atomic E-state index is 11.6. The van der Waals surface area contributed by atoms with Gasteiger partial charge in [-0.25, -0.2) is 0 Å². The van der Waals surface area contributed by atoms with Crippen LogP contribution in [0.15, 0.2) is 23.0 Å². The molecule has 94 valence electrons. The lowest BCUT2D eigenvalue weighted by Gasteiger charge is -2.04. The number of aromatic nitrogens is 1. The number of H-pyrrole nitrogens is 1. The Morgan fingerprint density at radius 1 is 1.24 bits per heavy atom. The molecule has 5 heteroatoms. The zero-order valence-corrected chi connectivity index (χ0v) is 11.3. The average molecular weight is 301 g/mol. The van der Waals surface area contributed by atoms with Gasteiger partial charge in [0.05, 0.1) is 0 Å². The summed E-state index contributed by atoms with van der Waals surface area (Å²) in [5.74, 6) is -0.219. The number of nitrogens with one attached hydrogen (secondary N) is 2. The lowest BCUT2D eigenvalue weighted by atomic mass is 10.2. The number of hydrogen-bond donors (Lipinski definition) is 2. The van der Waals surface area contributed by atoms with Crippen LogP contribution < -0.4 is 10.9 Å². The molecule has 1 rings (SSSR count). The minimum absolute atomic E-state index is 0.219. The van der Waals surface area contributed by atoms with Gasteiger partial charge in [-0.3, -0.25) is 9.59 Å². The summed E-state index contributed by atoms with van der Waals surface area (Å²) in [6.45, 7) is 0.651. The number of unbranched alkanes of at least 4 members (excludes halogenated alkanes) is 3. The summed E-state index contributed by atoms with van der Waals surface area (Å²) in [6, 6.07) is 4.56. The zero-order chi connectivity index (χ0) is 12.5. The monoisotopic (exact) mass is 300 g/mol. The van der Waals surface area contributed by atoms with Crippen molar-refractivity contribution in [1.29, 1.82) is 0 Å². The zero-order valence-electron chi connectivity index (χ0n) is 9.67. The standard InChI is InChI=1S/C12H17BrN2O2/c13-8-3-1-2-4-9-14-12(17)10-6-5-7-11(16)15-10/h5-7H,1-4,8-9H2,(H,14,17)(H,15,16). The fourth-order valence-corrected chi connectivity index (χ4v) is 1.85. The predicted molar refractivity (Wildman–Crippen MR) is 71.7 cm³/mol. The Kier molecular flexibility index (Phi) is 6.62. The van der Waals surface area contributed by atoms with Gasteiger partial charge in [0, 0.05) is 17.9 Å². The summed E-state index contributed by atoms with van der Waals surface area (Å²) in [7, 11) is 0. The molecule has 0 bridgehead atoms. The molecule has 1 aromatic heterocycles. The van der Waals surface area contributed by atoms with Gasteiger partial charge >= 0.3 is 0 Å². The summed E-state index contributed by atoms with van der Waals surface area (Å²) >= 11 is 3.38. The molecule has 1 aromatic rings. The predicted octanol–water partition coefficient (Wildman–Crippen LogP) is 2.06. The molecule has 2 N–H and O–H groups in total. The summed E-state index contributed by atoms with van der Waals surface area (Å²) < 4.78 is 0. The van der Waals surface area contributed by atoms with Gasteiger partial charge in [0.25, 0.3) is 5.91 Å². The van der Waals surface area contributed by atoms with Gasteiger partial charge in [0.15, 0.2) is 0 Å². The van der Waals surface area contributed by atoms with E-state index < -0.39 is 0 Å². The van der Waals surface area contributed by atoms with E-state index in [0.29, 0.717) is 12.2 Å². The number of hydrogen-bond acceptors (Lipinski definition) is 2. The largest absolute Gasteiger partial charge is 0.351 e. The SMILES string of the molecule is O=C(NCCCCCCBr)c1cccc(=O)[nH]1. The molecule has 0 aliphatic carbocycles. The van der Waals surface area contributed by atoms with Crippen molar-refractivity contribution in [3.63, 3.8) is 0 Å². The van der Waals surface area contributed by atoms with Gasteiger partial charge in [0.2, 0.25) is 5.56 Å². The first-order valence-electron chi connectivity index (χ1n) is 5.77. The number of amides is 1. The Hall–Kier alpha value is -1.10. The van der Waals surface area contributed by atoms with E-state index in [4.69, 9.17) is 0 Å². The summed E-state index contributed by atoms with van der Waals surface area (Å²) in [4.78, 5) is 25.1. The molecule has 4 nitrogen and oxygen atoms in total. The maximum absolute atomic E-state index is 11.6. The van der Waals surface area contributed by atoms with Crippen molar-refractivity contribution in [1.82, 2.24) is 10.3 Å². The van der Waals surface area contributed by atoms with Crippen molar-refractivity contribution >= 4 is 21.8 Å². The second-order valence-electron chi connectivity index (χ2n) is 3.79. The topological polar surface area (TPSA) is 62.0 Å². The molecule has 0 fully saturated rings. The third kappa shape index (κ3) is 5.68. The normalized spacial score (nSPS) is 10.2. The molecule has 0 atom stereocenters. The first kappa shape index (κ1) is 14.0. The summed E-state index contributed by atoms with van der Waals surface area (Å²) in [6.07, 6.45) is 4.41. The van der Waals surface area contributed by atoms with Crippen molar-refractivity contribution in [3.05, 3.63) is 34.2 Å². The fraction of sp³-hybridized carbons (Fsp3) is 0.500. The molecule has 0 spiro atoms. The van der Waals surface area contributed by atoms with Crippen LogP contribution in [0.2, 0.25) is 0 Å². The van der Waals surface area contributed by atoms with E-state index in [0.717, 1.165) is 18.2 Å². The summed E-state index contributed by atoms with van der Waals surface area (Å²) in [5.41, 5.74) is 0.0629. The van der Waals surface area contributed by atoms with Crippen molar-refractivity contribution in [3.8, 4) is 0 Å². The van der Waals surface area contributed by atoms with Gasteiger partial charge in [-0.2, -0.15) is 0 Å². The van der Waals surface area contributed by atoms with Crippen LogP contribution in [0.3, 0.4) is 0 Å². The number of rotatable bonds is 7. The highest BCUT2D eigenvalue weighted by Gasteiger charge is 2.04. The molecule has 1 amide bonds. The molecule has 0 radical (unpaired) electrons. The van der Waals surface area contributed by atoms with Gasteiger partial charge in [-0.15, -0.1) is 0 Å². The number of carbonyl (C=O) groups excluding carboxylic acids is 1. The van der Waals surface area contributed by atoms with Crippen LogP contribution >= 0.6 is 15.9 Å². The van der Waals surface area contributed by atoms with E-state index in [-0.39, 0.29) is 11.5 Å². The molecule has 0 aromatic carbocycles. The Bertz CT molecular complexity index is 403. The number of carbonyl (C=O) groups is 1. The maximum Gasteiger partial charge on any atom is 0.267 e. The summed E-state index contributed by atoms with van der Waals surface area (Å²) in [5, 5.41) is 3.81. The lowest BCUT2D eigenvalue weighted by Crippen LogP contribution is -2.27. The third-order valence-electron chi connectivity index (χ3n) is 2.36. The van der Waals surface area contributed by atoms with Crippen LogP contribution in [-0.2, 0) is 0 Å². The molecule has 1 heterocycles. The Labute approximate surface area is 109 Å². The van der Waals surface area contributed by atoms with E-state index in [1.807, 2.05) is 0 Å². The minimum Gasteiger partial charge on any atom is -0.351 e. The second-order valence-corrected chi connectivity index (χ2v) is 4.58. The number of pyridine rings is 1. The van der Waals surface area contributed by atoms with Crippen LogP contribution in [0.4, 0.5) is 0 Å². The lowest BCUT2D eigenvalue weighted by molar-refractivity contribution is 0.0947. The molecular weight excluding hydrogens is 284 g/mol. The molecule has 0 aliphatic rings. The van der Waals surface area contributed by atoms with Crippen molar-refractivity contribution < 1.29 is 4.79 Å². The smallest absolute Gasteiger partial charge is 0.267 e. The quantitative estimate of drug-likeness (QED) is 0.598. The van der Waals surface area contributed by atoms with Crippen LogP contribution in [0.1, 0.15) is 36.2 Å². The molecule has 0 saturated carbocycles. The van der Waals surface area contributed by atoms with Crippen molar-refractivity contribution in [2.45, 2.75) is 25.7 Å². The van der Waals surface area contributed by atoms with E-state index >= 15 is 0 Å². The average Bonchev–Trinajstić information content (AvgIpc) is 2.33. The van der Waals surface area contributed by atoms with Gasteiger partial charge in [0.1, 0.15) is 5.69 Å². The Morgan fingerprint density at radius 3 is 2.71 bits per heavy atom. The van der Waals surface area contributed by atoms with Crippen LogP contribution in [0.25, 0.3) is 0 Å². The highest BCUT2D eigenvalue weighted by atomic mass is 79.9. The molecule has 0 aliphatic heterocycles. The fourth-order valence-electron chi connectivity index (χ4n) is 1.45. The van der Waals surface area contributed by atoms with Gasteiger partial charge < -0.3 is 10.3 Å². The number of halogens is 1. The van der Waals surface area contributed by atoms with Gasteiger partial charge in [-0.1, -0.05) is 34.8 Å². The van der Waals surface area contributed by atoms with Crippen LogP contribution in [0.5, 0.6) is 0 Å². The van der Waals surface area contributed by atoms with Crippen LogP contribution in [-0.4, -0.2) is 22.8 Å². The highest BCUT2D eigenvalue weighted by molar-refractivity contribution is 9.09. The molecule has 0 unspecified atom stereocenters. The molecular formula is C12H17BrN2O2. The third-order valence-corrected chi connectivity index (χ3v) is 2.92. The number of alkyl halides is 1. The molecule has 0 saturated heterocycles. The first-order chi connectivity index (χ1) is 8.24. The molecule has 17 heavy (non-hydrogen) atoms. The van der Waals surface area contributed by atoms with Crippen LogP contribution in [0, 0.1) is 0 Å². The highest BCUT2D eigenvalue weighted by Crippen LogP contribution is 2.01. The van der Waals surface area contributed by atoms with E-state index in [1.165, 1.54) is 18.9 Å². The van der Waals surface area contributed by atoms with Gasteiger partial charge in [-0.05, 0) is 18.9 Å². The van der Waals surface area contributed by atoms with Crippen molar-refractivity contribution in [2.24, 2.45) is 0 Å². The van der Waals surface area contributed by atoms with Crippen molar-refractivity contribution in [2.75, 3.05) is 11.9 Å².